The molecule has 29 heavy (non-hydrogen) atoms. The number of rotatable bonds is 8. The van der Waals surface area contributed by atoms with Crippen LogP contribution in [-0.4, -0.2) is 46.2 Å². The highest BCUT2D eigenvalue weighted by atomic mass is 16.5. The van der Waals surface area contributed by atoms with Gasteiger partial charge in [-0.1, -0.05) is 38.1 Å². The maximum Gasteiger partial charge on any atom is 0.251 e. The van der Waals surface area contributed by atoms with Gasteiger partial charge in [-0.2, -0.15) is 0 Å². The number of carbonyl (C=O) groups excluding carboxylic acids is 1. The lowest BCUT2D eigenvalue weighted by Crippen LogP contribution is -2.44. The van der Waals surface area contributed by atoms with E-state index in [4.69, 9.17) is 4.74 Å². The number of methoxy groups -OCH3 is 1. The van der Waals surface area contributed by atoms with Crippen molar-refractivity contribution in [1.29, 1.82) is 0 Å². The van der Waals surface area contributed by atoms with Crippen LogP contribution >= 0.6 is 0 Å². The number of carbonyl (C=O) groups is 1. The number of nitrogens with one attached hydrogen (secondary N) is 3. The van der Waals surface area contributed by atoms with Crippen LogP contribution in [0, 0.1) is 0 Å². The van der Waals surface area contributed by atoms with Gasteiger partial charge < -0.3 is 20.7 Å². The third kappa shape index (κ3) is 6.52. The SMILES string of the molecule is CN=C(NCCc1cccc(C(=O)NC)c1)NCC(C)(C)c1cccc(OC)c1. The molecule has 0 spiro atoms. The van der Waals surface area contributed by atoms with Crippen molar-refractivity contribution in [2.75, 3.05) is 34.3 Å². The van der Waals surface area contributed by atoms with Gasteiger partial charge in [0.05, 0.1) is 7.11 Å². The number of ether oxygens (including phenoxy) is 1. The molecule has 2 aromatic rings. The summed E-state index contributed by atoms with van der Waals surface area (Å²) in [5, 5.41) is 9.40. The van der Waals surface area contributed by atoms with Crippen molar-refractivity contribution in [3.05, 3.63) is 65.2 Å². The fraction of sp³-hybridized carbons (Fsp3) is 0.391. The number of benzene rings is 2. The largest absolute Gasteiger partial charge is 0.497 e. The number of nitrogens with zero attached hydrogens (tertiary/aromatic N) is 1. The Morgan fingerprint density at radius 2 is 1.86 bits per heavy atom. The predicted octanol–water partition coefficient (Wildman–Crippen LogP) is 2.74. The molecule has 0 aromatic heterocycles. The van der Waals surface area contributed by atoms with Crippen molar-refractivity contribution < 1.29 is 9.53 Å². The Morgan fingerprint density at radius 1 is 1.10 bits per heavy atom. The Morgan fingerprint density at radius 3 is 2.55 bits per heavy atom. The van der Waals surface area contributed by atoms with Gasteiger partial charge in [0.1, 0.15) is 5.75 Å². The molecule has 0 saturated heterocycles. The first-order chi connectivity index (χ1) is 13.9. The van der Waals surface area contributed by atoms with Gasteiger partial charge in [0.15, 0.2) is 5.96 Å². The lowest BCUT2D eigenvalue weighted by molar-refractivity contribution is 0.0963. The van der Waals surface area contributed by atoms with Crippen LogP contribution in [0.25, 0.3) is 0 Å². The smallest absolute Gasteiger partial charge is 0.251 e. The summed E-state index contributed by atoms with van der Waals surface area (Å²) in [7, 11) is 5.08. The Balaban J connectivity index is 1.88. The molecule has 0 aliphatic heterocycles. The minimum absolute atomic E-state index is 0.0722. The monoisotopic (exact) mass is 396 g/mol. The van der Waals surface area contributed by atoms with E-state index in [-0.39, 0.29) is 11.3 Å². The molecule has 2 aromatic carbocycles. The van der Waals surface area contributed by atoms with Crippen LogP contribution in [0.2, 0.25) is 0 Å². The summed E-state index contributed by atoms with van der Waals surface area (Å²) in [6.45, 7) is 5.82. The molecule has 0 unspecified atom stereocenters. The number of hydrogen-bond donors (Lipinski definition) is 3. The summed E-state index contributed by atoms with van der Waals surface area (Å²) in [6, 6.07) is 15.8. The standard InChI is InChI=1S/C23H32N4O2/c1-23(2,19-10-7-11-20(15-19)29-5)16-27-22(25-4)26-13-12-17-8-6-9-18(14-17)21(28)24-3/h6-11,14-15H,12-13,16H2,1-5H3,(H,24,28)(H2,25,26,27). The zero-order valence-electron chi connectivity index (χ0n) is 18.0. The highest BCUT2D eigenvalue weighted by Crippen LogP contribution is 2.25. The third-order valence-corrected chi connectivity index (χ3v) is 4.89. The molecule has 0 heterocycles. The van der Waals surface area contributed by atoms with Crippen molar-refractivity contribution in [3.8, 4) is 5.75 Å². The van der Waals surface area contributed by atoms with Crippen molar-refractivity contribution in [2.24, 2.45) is 4.99 Å². The second kappa shape index (κ2) is 10.5. The molecule has 0 atom stereocenters. The molecule has 0 aliphatic carbocycles. The van der Waals surface area contributed by atoms with Gasteiger partial charge in [0.2, 0.25) is 0 Å². The summed E-state index contributed by atoms with van der Waals surface area (Å²) in [4.78, 5) is 16.1. The molecular weight excluding hydrogens is 364 g/mol. The lowest BCUT2D eigenvalue weighted by Gasteiger charge is -2.27. The van der Waals surface area contributed by atoms with Crippen molar-refractivity contribution in [1.82, 2.24) is 16.0 Å². The third-order valence-electron chi connectivity index (χ3n) is 4.89. The van der Waals surface area contributed by atoms with Crippen LogP contribution in [0.5, 0.6) is 5.75 Å². The van der Waals surface area contributed by atoms with Crippen LogP contribution in [0.4, 0.5) is 0 Å². The topological polar surface area (TPSA) is 74.8 Å². The molecule has 2 rings (SSSR count). The molecule has 156 valence electrons. The second-order valence-corrected chi connectivity index (χ2v) is 7.50. The van der Waals surface area contributed by atoms with E-state index in [9.17, 15) is 4.79 Å². The zero-order valence-corrected chi connectivity index (χ0v) is 18.0. The highest BCUT2D eigenvalue weighted by molar-refractivity contribution is 5.94. The van der Waals surface area contributed by atoms with E-state index in [0.29, 0.717) is 5.56 Å². The van der Waals surface area contributed by atoms with E-state index in [0.717, 1.165) is 36.8 Å². The molecule has 0 bridgehead atoms. The van der Waals surface area contributed by atoms with E-state index in [1.165, 1.54) is 5.56 Å². The number of hydrogen-bond acceptors (Lipinski definition) is 3. The molecule has 0 saturated carbocycles. The quantitative estimate of drug-likeness (QED) is 0.474. The highest BCUT2D eigenvalue weighted by Gasteiger charge is 2.21. The Bertz CT molecular complexity index is 846. The van der Waals surface area contributed by atoms with E-state index in [2.05, 4.69) is 46.9 Å². The maximum atomic E-state index is 11.8. The van der Waals surface area contributed by atoms with Crippen LogP contribution in [-0.2, 0) is 11.8 Å². The van der Waals surface area contributed by atoms with Crippen molar-refractivity contribution in [2.45, 2.75) is 25.7 Å². The molecule has 1 amide bonds. The number of amides is 1. The Labute approximate surface area is 173 Å². The minimum Gasteiger partial charge on any atom is -0.497 e. The summed E-state index contributed by atoms with van der Waals surface area (Å²) in [5.41, 5.74) is 2.89. The van der Waals surface area contributed by atoms with Crippen molar-refractivity contribution >= 4 is 11.9 Å². The van der Waals surface area contributed by atoms with Gasteiger partial charge in [-0.05, 0) is 41.8 Å². The van der Waals surface area contributed by atoms with Gasteiger partial charge in [-0.3, -0.25) is 9.79 Å². The number of aliphatic imine (C=N–C) groups is 1. The summed E-state index contributed by atoms with van der Waals surface area (Å²) in [6.07, 6.45) is 0.796. The van der Waals surface area contributed by atoms with Crippen LogP contribution in [0.15, 0.2) is 53.5 Å². The van der Waals surface area contributed by atoms with Gasteiger partial charge in [-0.15, -0.1) is 0 Å². The normalized spacial score (nSPS) is 11.7. The van der Waals surface area contributed by atoms with Crippen molar-refractivity contribution in [3.63, 3.8) is 0 Å². The first kappa shape index (κ1) is 22.3. The molecule has 0 aliphatic rings. The van der Waals surface area contributed by atoms with E-state index in [1.807, 2.05) is 36.4 Å². The first-order valence-corrected chi connectivity index (χ1v) is 9.79. The molecule has 0 radical (unpaired) electrons. The first-order valence-electron chi connectivity index (χ1n) is 9.79. The van der Waals surface area contributed by atoms with Gasteiger partial charge in [-0.25, -0.2) is 0 Å². The summed E-state index contributed by atoms with van der Waals surface area (Å²) in [5.74, 6) is 1.54. The van der Waals surface area contributed by atoms with Gasteiger partial charge >= 0.3 is 0 Å². The fourth-order valence-electron chi connectivity index (χ4n) is 3.01. The zero-order chi connectivity index (χ0) is 21.3. The average Bonchev–Trinajstić information content (AvgIpc) is 2.75. The number of guanidine groups is 1. The van der Waals surface area contributed by atoms with Crippen LogP contribution in [0.3, 0.4) is 0 Å². The maximum absolute atomic E-state index is 11.8. The summed E-state index contributed by atoms with van der Waals surface area (Å²) < 4.78 is 5.34. The molecular formula is C23H32N4O2. The second-order valence-electron chi connectivity index (χ2n) is 7.50. The van der Waals surface area contributed by atoms with E-state index in [1.54, 1.807) is 21.2 Å². The minimum atomic E-state index is -0.0893. The fourth-order valence-corrected chi connectivity index (χ4v) is 3.01. The lowest BCUT2D eigenvalue weighted by atomic mass is 9.84. The van der Waals surface area contributed by atoms with Gasteiger partial charge in [0.25, 0.3) is 5.91 Å². The Hall–Kier alpha value is -3.02. The molecule has 6 heteroatoms. The van der Waals surface area contributed by atoms with E-state index < -0.39 is 0 Å². The van der Waals surface area contributed by atoms with Crippen LogP contribution in [0.1, 0.15) is 35.3 Å². The van der Waals surface area contributed by atoms with Crippen LogP contribution < -0.4 is 20.7 Å². The molecule has 3 N–H and O–H groups in total. The Kier molecular flexibility index (Phi) is 8.07. The predicted molar refractivity (Wildman–Crippen MR) is 119 cm³/mol. The molecule has 0 fully saturated rings. The average molecular weight is 397 g/mol. The van der Waals surface area contributed by atoms with Gasteiger partial charge in [0, 0.05) is 38.2 Å². The molecule has 6 nitrogen and oxygen atoms in total. The summed E-state index contributed by atoms with van der Waals surface area (Å²) >= 11 is 0. The van der Waals surface area contributed by atoms with E-state index >= 15 is 0 Å².